The first-order valence-electron chi connectivity index (χ1n) is 8.00. The van der Waals surface area contributed by atoms with Crippen LogP contribution >= 0.6 is 0 Å². The molecule has 0 aromatic carbocycles. The first kappa shape index (κ1) is 23.8. The molecule has 0 atom stereocenters. The molecule has 0 saturated carbocycles. The van der Waals surface area contributed by atoms with Crippen LogP contribution in [0.25, 0.3) is 0 Å². The first-order valence-corrected chi connectivity index (χ1v) is 9.00. The van der Waals surface area contributed by atoms with Crippen LogP contribution in [0.3, 0.4) is 0 Å². The van der Waals surface area contributed by atoms with Gasteiger partial charge in [0.25, 0.3) is 0 Å². The van der Waals surface area contributed by atoms with Gasteiger partial charge in [-0.1, -0.05) is 84.0 Å². The molecule has 0 fully saturated rings. The quantitative estimate of drug-likeness (QED) is 0.263. The summed E-state index contributed by atoms with van der Waals surface area (Å²) in [5, 5.41) is 0. The van der Waals surface area contributed by atoms with Crippen molar-refractivity contribution in [2.45, 2.75) is 90.4 Å². The molecule has 0 bridgehead atoms. The van der Waals surface area contributed by atoms with Gasteiger partial charge in [0.2, 0.25) is 0 Å². The number of unbranched alkanes of at least 4 members (excludes halogenated alkanes) is 12. The second-order valence-electron chi connectivity index (χ2n) is 5.27. The molecule has 0 heterocycles. The fraction of sp³-hybridized carbons (Fsp3) is 1.00. The van der Waals surface area contributed by atoms with Gasteiger partial charge in [-0.15, -0.1) is 0 Å². The van der Waals surface area contributed by atoms with Crippen molar-refractivity contribution in [1.82, 2.24) is 0 Å². The molecule has 0 radical (unpaired) electrons. The third kappa shape index (κ3) is 21.8. The SMILES string of the molecule is CCCCCCCCCCCCCCCO[S-](=O)=O.[K+]. The number of hydrogen-bond donors (Lipinski definition) is 0. The van der Waals surface area contributed by atoms with Crippen LogP contribution in [-0.4, -0.2) is 6.61 Å². The fourth-order valence-corrected chi connectivity index (χ4v) is 2.50. The van der Waals surface area contributed by atoms with Crippen LogP contribution in [0.1, 0.15) is 90.4 Å². The molecule has 3 nitrogen and oxygen atoms in total. The summed E-state index contributed by atoms with van der Waals surface area (Å²) in [4.78, 5) is 0. The summed E-state index contributed by atoms with van der Waals surface area (Å²) in [6, 6.07) is 0. The van der Waals surface area contributed by atoms with E-state index >= 15 is 0 Å². The van der Waals surface area contributed by atoms with Crippen molar-refractivity contribution in [3.63, 3.8) is 0 Å². The van der Waals surface area contributed by atoms with E-state index in [0.717, 1.165) is 12.8 Å². The van der Waals surface area contributed by atoms with Crippen molar-refractivity contribution in [2.24, 2.45) is 0 Å². The predicted molar refractivity (Wildman–Crippen MR) is 80.4 cm³/mol. The largest absolute Gasteiger partial charge is 1.00 e. The van der Waals surface area contributed by atoms with Crippen molar-refractivity contribution >= 4 is 11.0 Å². The summed E-state index contributed by atoms with van der Waals surface area (Å²) in [5.74, 6) is 0. The molecule has 0 saturated heterocycles. The Labute approximate surface area is 170 Å². The Bertz CT molecular complexity index is 237. The Balaban J connectivity index is 0. The van der Waals surface area contributed by atoms with Gasteiger partial charge in [-0.2, -0.15) is 0 Å². The maximum atomic E-state index is 10.1. The normalized spacial score (nSPS) is 10.7. The summed E-state index contributed by atoms with van der Waals surface area (Å²) in [7, 11) is -2.33. The molecule has 0 aliphatic heterocycles. The van der Waals surface area contributed by atoms with Crippen molar-refractivity contribution in [2.75, 3.05) is 6.61 Å². The zero-order chi connectivity index (χ0) is 14.2. The molecule has 0 aromatic rings. The van der Waals surface area contributed by atoms with Gasteiger partial charge in [-0.05, 0) is 6.42 Å². The molecule has 116 valence electrons. The molecule has 0 rings (SSSR count). The molecule has 0 unspecified atom stereocenters. The second kappa shape index (κ2) is 20.5. The predicted octanol–water partition coefficient (Wildman–Crippen LogP) is 2.32. The van der Waals surface area contributed by atoms with E-state index in [0.29, 0.717) is 6.61 Å². The van der Waals surface area contributed by atoms with E-state index in [9.17, 15) is 8.42 Å². The van der Waals surface area contributed by atoms with Gasteiger partial charge < -0.3 is 12.6 Å². The van der Waals surface area contributed by atoms with E-state index in [1.807, 2.05) is 0 Å². The van der Waals surface area contributed by atoms with Gasteiger partial charge >= 0.3 is 51.4 Å². The molecule has 0 N–H and O–H groups in total. The molecule has 0 aromatic heterocycles. The monoisotopic (exact) mass is 330 g/mol. The van der Waals surface area contributed by atoms with E-state index in [2.05, 4.69) is 11.1 Å². The van der Waals surface area contributed by atoms with Crippen LogP contribution in [0, 0.1) is 0 Å². The Morgan fingerprint density at radius 3 is 1.35 bits per heavy atom. The van der Waals surface area contributed by atoms with Crippen LogP contribution in [0.5, 0.6) is 0 Å². The van der Waals surface area contributed by atoms with Crippen molar-refractivity contribution in [3.05, 3.63) is 0 Å². The topological polar surface area (TPSA) is 43.4 Å². The Kier molecular flexibility index (Phi) is 24.5. The van der Waals surface area contributed by atoms with Gasteiger partial charge in [-0.3, -0.25) is 0 Å². The van der Waals surface area contributed by atoms with Crippen LogP contribution < -0.4 is 51.4 Å². The Morgan fingerprint density at radius 1 is 0.650 bits per heavy atom. The van der Waals surface area contributed by atoms with E-state index in [1.54, 1.807) is 0 Å². The van der Waals surface area contributed by atoms with Gasteiger partial charge in [0.05, 0.1) is 11.0 Å². The molecule has 0 spiro atoms. The zero-order valence-corrected chi connectivity index (χ0v) is 17.5. The maximum absolute atomic E-state index is 10.1. The van der Waals surface area contributed by atoms with E-state index in [1.165, 1.54) is 70.6 Å². The average molecular weight is 331 g/mol. The van der Waals surface area contributed by atoms with Crippen LogP contribution in [-0.2, 0) is 23.6 Å². The molecular weight excluding hydrogens is 299 g/mol. The molecule has 20 heavy (non-hydrogen) atoms. The molecule has 0 amide bonds. The summed E-state index contributed by atoms with van der Waals surface area (Å²) < 4.78 is 24.6. The smallest absolute Gasteiger partial charge is 0.424 e. The summed E-state index contributed by atoms with van der Waals surface area (Å²) in [6.45, 7) is 2.60. The number of hydrogen-bond acceptors (Lipinski definition) is 4. The van der Waals surface area contributed by atoms with Gasteiger partial charge in [0.15, 0.2) is 0 Å². The molecule has 0 aliphatic carbocycles. The standard InChI is InChI=1S/C15H31O3S.K/c1-2-3-4-5-6-7-8-9-10-11-12-13-14-15-18-19(16)17;/h2-15H2,1H3;/q-1;+1. The van der Waals surface area contributed by atoms with E-state index < -0.39 is 11.0 Å². The minimum absolute atomic E-state index is 0. The van der Waals surface area contributed by atoms with Crippen molar-refractivity contribution < 1.29 is 64.0 Å². The summed E-state index contributed by atoms with van der Waals surface area (Å²) in [5.41, 5.74) is 0. The van der Waals surface area contributed by atoms with E-state index in [-0.39, 0.29) is 51.4 Å². The summed E-state index contributed by atoms with van der Waals surface area (Å²) >= 11 is 0. The molecule has 5 heteroatoms. The molecule has 0 aliphatic rings. The van der Waals surface area contributed by atoms with Crippen molar-refractivity contribution in [1.29, 1.82) is 0 Å². The summed E-state index contributed by atoms with van der Waals surface area (Å²) in [6.07, 6.45) is 16.8. The Hall–Kier alpha value is 1.55. The minimum atomic E-state index is -2.33. The van der Waals surface area contributed by atoms with Crippen molar-refractivity contribution in [3.8, 4) is 0 Å². The average Bonchev–Trinajstić information content (AvgIpc) is 2.39. The molecular formula is C15H31KO3S. The fourth-order valence-electron chi connectivity index (χ4n) is 2.25. The Morgan fingerprint density at radius 2 is 1.00 bits per heavy atom. The first-order chi connectivity index (χ1) is 9.27. The number of rotatable bonds is 15. The zero-order valence-electron chi connectivity index (χ0n) is 13.5. The van der Waals surface area contributed by atoms with E-state index in [4.69, 9.17) is 0 Å². The van der Waals surface area contributed by atoms with Gasteiger partial charge in [-0.25, -0.2) is 0 Å². The third-order valence-electron chi connectivity index (χ3n) is 3.43. The minimum Gasteiger partial charge on any atom is -0.424 e. The maximum Gasteiger partial charge on any atom is 1.00 e. The van der Waals surface area contributed by atoms with Gasteiger partial charge in [0.1, 0.15) is 0 Å². The van der Waals surface area contributed by atoms with Gasteiger partial charge in [0, 0.05) is 6.61 Å². The van der Waals surface area contributed by atoms with Crippen LogP contribution in [0.4, 0.5) is 0 Å². The van der Waals surface area contributed by atoms with Crippen LogP contribution in [0.15, 0.2) is 0 Å². The van der Waals surface area contributed by atoms with Crippen LogP contribution in [0.2, 0.25) is 0 Å². The third-order valence-corrected chi connectivity index (χ3v) is 3.79. The second-order valence-corrected chi connectivity index (χ2v) is 5.91.